The SMILES string of the molecule is CC1(C)c2ccccc2-c2ccc3c4ccccc4n(-c4nc(-c5ccccc5)nc5sc6ccccc6c45)c3c21. The highest BCUT2D eigenvalue weighted by molar-refractivity contribution is 7.25. The van der Waals surface area contributed by atoms with Crippen molar-refractivity contribution in [3.63, 3.8) is 0 Å². The molecule has 0 N–H and O–H groups in total. The zero-order valence-corrected chi connectivity index (χ0v) is 23.5. The van der Waals surface area contributed by atoms with E-state index in [1.165, 1.54) is 48.6 Å². The molecule has 0 spiro atoms. The average molecular weight is 544 g/mol. The van der Waals surface area contributed by atoms with Crippen LogP contribution in [0.2, 0.25) is 0 Å². The molecule has 4 heteroatoms. The van der Waals surface area contributed by atoms with E-state index in [9.17, 15) is 0 Å². The lowest BCUT2D eigenvalue weighted by Gasteiger charge is -2.23. The Balaban J connectivity index is 1.51. The Morgan fingerprint density at radius 1 is 0.634 bits per heavy atom. The van der Waals surface area contributed by atoms with Gasteiger partial charge in [-0.05, 0) is 34.4 Å². The number of rotatable bonds is 2. The molecule has 3 aromatic heterocycles. The summed E-state index contributed by atoms with van der Waals surface area (Å²) in [4.78, 5) is 11.6. The first-order chi connectivity index (χ1) is 20.1. The second-order valence-electron chi connectivity index (χ2n) is 11.4. The first-order valence-corrected chi connectivity index (χ1v) is 14.8. The molecule has 0 bridgehead atoms. The topological polar surface area (TPSA) is 30.7 Å². The Morgan fingerprint density at radius 2 is 1.37 bits per heavy atom. The highest BCUT2D eigenvalue weighted by atomic mass is 32.1. The molecule has 9 rings (SSSR count). The van der Waals surface area contributed by atoms with E-state index in [1.54, 1.807) is 11.3 Å². The van der Waals surface area contributed by atoms with Crippen molar-refractivity contribution < 1.29 is 0 Å². The van der Waals surface area contributed by atoms with Gasteiger partial charge in [0.1, 0.15) is 4.83 Å². The number of thiophene rings is 1. The van der Waals surface area contributed by atoms with Gasteiger partial charge in [-0.3, -0.25) is 4.57 Å². The van der Waals surface area contributed by atoms with Gasteiger partial charge in [-0.2, -0.15) is 0 Å². The maximum atomic E-state index is 5.42. The lowest BCUT2D eigenvalue weighted by molar-refractivity contribution is 0.664. The molecular weight excluding hydrogens is 518 g/mol. The normalized spacial score (nSPS) is 13.8. The molecule has 3 heterocycles. The molecule has 3 nitrogen and oxygen atoms in total. The number of hydrogen-bond donors (Lipinski definition) is 0. The first-order valence-electron chi connectivity index (χ1n) is 14.0. The van der Waals surface area contributed by atoms with Crippen LogP contribution in [-0.4, -0.2) is 14.5 Å². The van der Waals surface area contributed by atoms with Crippen LogP contribution in [0.4, 0.5) is 0 Å². The van der Waals surface area contributed by atoms with E-state index in [2.05, 4.69) is 128 Å². The summed E-state index contributed by atoms with van der Waals surface area (Å²) in [6.45, 7) is 4.73. The molecule has 0 atom stereocenters. The standard InChI is InChI=1S/C37H25N3S/c1-37(2)28-17-9-6-14-23(28)25-20-21-26-24-15-7-10-18-29(24)40(33(26)32(25)37)35-31-27-16-8-11-19-30(27)41-36(31)39-34(38-35)22-12-4-3-5-13-22/h3-21H,1-2H3. The molecule has 1 aliphatic rings. The van der Waals surface area contributed by atoms with Crippen LogP contribution in [-0.2, 0) is 5.41 Å². The van der Waals surface area contributed by atoms with Gasteiger partial charge in [-0.15, -0.1) is 11.3 Å². The van der Waals surface area contributed by atoms with E-state index >= 15 is 0 Å². The molecule has 0 fully saturated rings. The molecule has 0 saturated carbocycles. The van der Waals surface area contributed by atoms with Crippen LogP contribution < -0.4 is 0 Å². The lowest BCUT2D eigenvalue weighted by atomic mass is 9.81. The van der Waals surface area contributed by atoms with Crippen molar-refractivity contribution in [2.75, 3.05) is 0 Å². The summed E-state index contributed by atoms with van der Waals surface area (Å²) in [7, 11) is 0. The summed E-state index contributed by atoms with van der Waals surface area (Å²) in [5.41, 5.74) is 8.62. The summed E-state index contributed by atoms with van der Waals surface area (Å²) in [5.74, 6) is 1.69. The van der Waals surface area contributed by atoms with Gasteiger partial charge in [0, 0.05) is 31.8 Å². The van der Waals surface area contributed by atoms with Crippen molar-refractivity contribution in [1.29, 1.82) is 0 Å². The van der Waals surface area contributed by atoms with Crippen molar-refractivity contribution in [1.82, 2.24) is 14.5 Å². The molecule has 0 aliphatic heterocycles. The Labute approximate surface area is 241 Å². The zero-order chi connectivity index (χ0) is 27.3. The van der Waals surface area contributed by atoms with Crippen molar-refractivity contribution in [3.8, 4) is 28.3 Å². The summed E-state index contributed by atoms with van der Waals surface area (Å²) in [5, 5.41) is 4.81. The largest absolute Gasteiger partial charge is 0.293 e. The predicted octanol–water partition coefficient (Wildman–Crippen LogP) is 9.91. The van der Waals surface area contributed by atoms with Crippen molar-refractivity contribution >= 4 is 53.4 Å². The number of para-hydroxylation sites is 1. The molecule has 41 heavy (non-hydrogen) atoms. The van der Waals surface area contributed by atoms with Gasteiger partial charge < -0.3 is 0 Å². The monoisotopic (exact) mass is 543 g/mol. The molecule has 0 saturated heterocycles. The van der Waals surface area contributed by atoms with Crippen molar-refractivity contribution in [2.24, 2.45) is 0 Å². The Hall–Kier alpha value is -4.80. The van der Waals surface area contributed by atoms with Gasteiger partial charge >= 0.3 is 0 Å². The minimum Gasteiger partial charge on any atom is -0.293 e. The summed E-state index contributed by atoms with van der Waals surface area (Å²) >= 11 is 1.74. The number of hydrogen-bond acceptors (Lipinski definition) is 3. The van der Waals surface area contributed by atoms with E-state index in [0.717, 1.165) is 32.9 Å². The fraction of sp³-hybridized carbons (Fsp3) is 0.0811. The fourth-order valence-corrected chi connectivity index (χ4v) is 8.09. The minimum absolute atomic E-state index is 0.164. The first kappa shape index (κ1) is 23.0. The van der Waals surface area contributed by atoms with Gasteiger partial charge in [-0.1, -0.05) is 117 Å². The molecule has 0 unspecified atom stereocenters. The maximum absolute atomic E-state index is 5.42. The molecule has 194 valence electrons. The predicted molar refractivity (Wildman–Crippen MR) is 172 cm³/mol. The molecule has 0 radical (unpaired) electrons. The van der Waals surface area contributed by atoms with Crippen LogP contribution in [0.5, 0.6) is 0 Å². The minimum atomic E-state index is -0.164. The summed E-state index contributed by atoms with van der Waals surface area (Å²) in [6.07, 6.45) is 0. The van der Waals surface area contributed by atoms with Crippen LogP contribution >= 0.6 is 11.3 Å². The number of benzene rings is 5. The highest BCUT2D eigenvalue weighted by Crippen LogP contribution is 2.53. The van der Waals surface area contributed by atoms with Gasteiger partial charge in [0.15, 0.2) is 11.6 Å². The molecule has 8 aromatic rings. The van der Waals surface area contributed by atoms with Crippen LogP contribution in [0.25, 0.3) is 70.4 Å². The van der Waals surface area contributed by atoms with Crippen LogP contribution in [0.3, 0.4) is 0 Å². The number of aromatic nitrogens is 3. The van der Waals surface area contributed by atoms with E-state index in [-0.39, 0.29) is 5.41 Å². The highest BCUT2D eigenvalue weighted by Gasteiger charge is 2.38. The summed E-state index contributed by atoms with van der Waals surface area (Å²) < 4.78 is 3.66. The third kappa shape index (κ3) is 3.03. The Kier molecular flexibility index (Phi) is 4.55. The van der Waals surface area contributed by atoms with E-state index in [0.29, 0.717) is 0 Å². The van der Waals surface area contributed by atoms with Crippen LogP contribution in [0.15, 0.2) is 115 Å². The van der Waals surface area contributed by atoms with Crippen LogP contribution in [0, 0.1) is 0 Å². The zero-order valence-electron chi connectivity index (χ0n) is 22.7. The maximum Gasteiger partial charge on any atom is 0.163 e. The second-order valence-corrected chi connectivity index (χ2v) is 12.5. The van der Waals surface area contributed by atoms with E-state index in [4.69, 9.17) is 9.97 Å². The lowest BCUT2D eigenvalue weighted by Crippen LogP contribution is -2.16. The third-order valence-electron chi connectivity index (χ3n) is 8.82. The Morgan fingerprint density at radius 3 is 2.24 bits per heavy atom. The number of nitrogens with zero attached hydrogens (tertiary/aromatic N) is 3. The van der Waals surface area contributed by atoms with Crippen molar-refractivity contribution in [3.05, 3.63) is 126 Å². The summed E-state index contributed by atoms with van der Waals surface area (Å²) in [6, 6.07) is 41.3. The van der Waals surface area contributed by atoms with Gasteiger partial charge in [0.05, 0.1) is 16.4 Å². The second kappa shape index (κ2) is 8.12. The molecule has 5 aromatic carbocycles. The van der Waals surface area contributed by atoms with E-state index in [1.807, 2.05) is 6.07 Å². The average Bonchev–Trinajstić information content (AvgIpc) is 3.63. The number of fused-ring (bicyclic) bond motifs is 10. The molecular formula is C37H25N3S. The quantitative estimate of drug-likeness (QED) is 0.217. The fourth-order valence-electron chi connectivity index (χ4n) is 7.02. The molecule has 1 aliphatic carbocycles. The van der Waals surface area contributed by atoms with Crippen LogP contribution in [0.1, 0.15) is 25.0 Å². The van der Waals surface area contributed by atoms with Gasteiger partial charge in [0.2, 0.25) is 0 Å². The third-order valence-corrected chi connectivity index (χ3v) is 9.88. The smallest absolute Gasteiger partial charge is 0.163 e. The van der Waals surface area contributed by atoms with Gasteiger partial charge in [-0.25, -0.2) is 9.97 Å². The molecule has 0 amide bonds. The Bertz CT molecular complexity index is 2340. The van der Waals surface area contributed by atoms with Gasteiger partial charge in [0.25, 0.3) is 0 Å². The van der Waals surface area contributed by atoms with E-state index < -0.39 is 0 Å². The van der Waals surface area contributed by atoms with Crippen molar-refractivity contribution in [2.45, 2.75) is 19.3 Å².